The number of alkyl halides is 1. The van der Waals surface area contributed by atoms with E-state index in [1.54, 1.807) is 35.3 Å². The molecule has 1 aromatic carbocycles. The zero-order valence-corrected chi connectivity index (χ0v) is 16.3. The number of rotatable bonds is 5. The van der Waals surface area contributed by atoms with Crippen LogP contribution in [0.3, 0.4) is 0 Å². The molecule has 0 spiro atoms. The van der Waals surface area contributed by atoms with Gasteiger partial charge in [-0.05, 0) is 30.5 Å². The lowest BCUT2D eigenvalue weighted by atomic mass is 9.72. The fourth-order valence-corrected chi connectivity index (χ4v) is 3.91. The number of piperidine rings is 1. The van der Waals surface area contributed by atoms with Gasteiger partial charge in [0, 0.05) is 23.5 Å². The Labute approximate surface area is 171 Å². The first kappa shape index (κ1) is 19.4. The minimum atomic E-state index is -1.33. The molecule has 29 heavy (non-hydrogen) atoms. The van der Waals surface area contributed by atoms with Crippen LogP contribution in [0.1, 0.15) is 12.0 Å². The normalized spacial score (nSPS) is 22.0. The number of fused-ring (bicyclic) bond motifs is 1. The molecule has 2 N–H and O–H groups in total. The summed E-state index contributed by atoms with van der Waals surface area (Å²) in [7, 11) is 0. The maximum atomic E-state index is 15.4. The van der Waals surface area contributed by atoms with Crippen molar-refractivity contribution in [2.45, 2.75) is 19.0 Å². The third kappa shape index (κ3) is 3.95. The number of hydrogen-bond donors (Lipinski definition) is 2. The molecule has 2 atom stereocenters. The number of carbonyl (C=O) groups is 1. The van der Waals surface area contributed by atoms with E-state index in [9.17, 15) is 9.90 Å². The Morgan fingerprint density at radius 2 is 2.14 bits per heavy atom. The van der Waals surface area contributed by atoms with Gasteiger partial charge in [0.1, 0.15) is 18.3 Å². The second-order valence-electron chi connectivity index (χ2n) is 7.32. The molecule has 3 heterocycles. The van der Waals surface area contributed by atoms with Gasteiger partial charge in [0.2, 0.25) is 0 Å². The molecule has 1 unspecified atom stereocenters. The van der Waals surface area contributed by atoms with Crippen molar-refractivity contribution in [3.05, 3.63) is 53.6 Å². The Kier molecular flexibility index (Phi) is 5.23. The molecule has 1 aliphatic rings. The molecule has 4 rings (SSSR count). The predicted octanol–water partition coefficient (Wildman–Crippen LogP) is 3.14. The minimum absolute atomic E-state index is 0.153. The van der Waals surface area contributed by atoms with Crippen LogP contribution < -0.4 is 5.32 Å². The highest BCUT2D eigenvalue weighted by atomic mass is 35.5. The quantitative estimate of drug-likeness (QED) is 0.660. The van der Waals surface area contributed by atoms with Gasteiger partial charge < -0.3 is 15.3 Å². The van der Waals surface area contributed by atoms with Gasteiger partial charge in [-0.3, -0.25) is 9.38 Å². The molecular formula is C19H20ClFN6O2. The highest BCUT2D eigenvalue weighted by molar-refractivity contribution is 6.30. The van der Waals surface area contributed by atoms with E-state index < -0.39 is 17.7 Å². The van der Waals surface area contributed by atoms with E-state index in [0.717, 1.165) is 10.5 Å². The Morgan fingerprint density at radius 1 is 1.34 bits per heavy atom. The molecule has 152 valence electrons. The van der Waals surface area contributed by atoms with Crippen LogP contribution in [-0.2, 0) is 6.42 Å². The van der Waals surface area contributed by atoms with Crippen LogP contribution in [0.4, 0.5) is 15.0 Å². The summed E-state index contributed by atoms with van der Waals surface area (Å²) >= 11 is 5.98. The molecule has 3 aromatic rings. The van der Waals surface area contributed by atoms with E-state index in [2.05, 4.69) is 20.5 Å². The standard InChI is InChI=1S/C19H20ClFN6O2/c20-14-3-1-13(2-4-14)7-19(5-6-26(18(28)29)10-15(19)21)11-23-16-8-22-9-17-25-24-12-27(16)17/h1-4,8-9,12,15,23H,5-7,10-11H2,(H,28,29)/t15-,19?/m1/s1. The molecular weight excluding hydrogens is 399 g/mol. The van der Waals surface area contributed by atoms with Gasteiger partial charge in [0.05, 0.1) is 18.9 Å². The summed E-state index contributed by atoms with van der Waals surface area (Å²) in [5.41, 5.74) is 0.748. The second-order valence-corrected chi connectivity index (χ2v) is 7.75. The first-order chi connectivity index (χ1) is 14.0. The first-order valence-corrected chi connectivity index (χ1v) is 9.59. The van der Waals surface area contributed by atoms with Gasteiger partial charge in [-0.1, -0.05) is 23.7 Å². The minimum Gasteiger partial charge on any atom is -0.465 e. The van der Waals surface area contributed by atoms with Crippen molar-refractivity contribution < 1.29 is 14.3 Å². The van der Waals surface area contributed by atoms with Gasteiger partial charge in [0.25, 0.3) is 0 Å². The molecule has 8 nitrogen and oxygen atoms in total. The summed E-state index contributed by atoms with van der Waals surface area (Å²) in [6.45, 7) is 0.434. The molecule has 0 radical (unpaired) electrons. The number of carboxylic acid groups (broad SMARTS) is 1. The summed E-state index contributed by atoms with van der Waals surface area (Å²) in [5, 5.41) is 21.0. The van der Waals surface area contributed by atoms with E-state index in [-0.39, 0.29) is 13.1 Å². The summed E-state index contributed by atoms with van der Waals surface area (Å²) in [4.78, 5) is 16.6. The Bertz CT molecular complexity index is 1010. The van der Waals surface area contributed by atoms with Gasteiger partial charge in [-0.25, -0.2) is 9.18 Å². The lowest BCUT2D eigenvalue weighted by molar-refractivity contribution is 0.0191. The average Bonchev–Trinajstić information content (AvgIpc) is 3.19. The number of benzene rings is 1. The van der Waals surface area contributed by atoms with Crippen molar-refractivity contribution in [2.24, 2.45) is 5.41 Å². The van der Waals surface area contributed by atoms with Crippen molar-refractivity contribution >= 4 is 29.2 Å². The summed E-state index contributed by atoms with van der Waals surface area (Å²) in [5.74, 6) is 0.649. The van der Waals surface area contributed by atoms with Crippen LogP contribution in [0, 0.1) is 5.41 Å². The molecule has 1 amide bonds. The molecule has 10 heteroatoms. The Morgan fingerprint density at radius 3 is 2.86 bits per heavy atom. The number of amides is 1. The molecule has 1 fully saturated rings. The SMILES string of the molecule is O=C(O)N1CCC(CNc2cncc3nncn23)(Cc2ccc(Cl)cc2)[C@H](F)C1. The van der Waals surface area contributed by atoms with E-state index in [1.807, 2.05) is 12.1 Å². The number of aromatic nitrogens is 4. The van der Waals surface area contributed by atoms with Crippen molar-refractivity contribution in [3.63, 3.8) is 0 Å². The van der Waals surface area contributed by atoms with Crippen molar-refractivity contribution in [1.82, 2.24) is 24.5 Å². The second kappa shape index (κ2) is 7.82. The van der Waals surface area contributed by atoms with Crippen LogP contribution in [0.15, 0.2) is 43.0 Å². The highest BCUT2D eigenvalue weighted by Crippen LogP contribution is 2.38. The van der Waals surface area contributed by atoms with Crippen molar-refractivity contribution in [1.29, 1.82) is 0 Å². The number of likely N-dealkylation sites (tertiary alicyclic amines) is 1. The van der Waals surface area contributed by atoms with Gasteiger partial charge >= 0.3 is 6.09 Å². The lowest BCUT2D eigenvalue weighted by Gasteiger charge is -2.44. The number of anilines is 1. The van der Waals surface area contributed by atoms with Crippen LogP contribution in [-0.4, -0.2) is 61.5 Å². The van der Waals surface area contributed by atoms with Crippen molar-refractivity contribution in [2.75, 3.05) is 25.0 Å². The zero-order valence-electron chi connectivity index (χ0n) is 15.5. The topological polar surface area (TPSA) is 95.7 Å². The smallest absolute Gasteiger partial charge is 0.407 e. The number of nitrogens with zero attached hydrogens (tertiary/aromatic N) is 5. The van der Waals surface area contributed by atoms with Gasteiger partial charge in [-0.15, -0.1) is 10.2 Å². The van der Waals surface area contributed by atoms with Crippen molar-refractivity contribution in [3.8, 4) is 0 Å². The molecule has 0 bridgehead atoms. The van der Waals surface area contributed by atoms with Gasteiger partial charge in [0.15, 0.2) is 5.65 Å². The highest BCUT2D eigenvalue weighted by Gasteiger charge is 2.44. The third-order valence-corrected chi connectivity index (χ3v) is 5.76. The fourth-order valence-electron chi connectivity index (χ4n) is 3.79. The van der Waals surface area contributed by atoms with Crippen LogP contribution in [0.25, 0.3) is 5.65 Å². The first-order valence-electron chi connectivity index (χ1n) is 9.21. The third-order valence-electron chi connectivity index (χ3n) is 5.51. The summed E-state index contributed by atoms with van der Waals surface area (Å²) in [6, 6.07) is 7.31. The van der Waals surface area contributed by atoms with E-state index in [4.69, 9.17) is 11.6 Å². The molecule has 0 aliphatic carbocycles. The largest absolute Gasteiger partial charge is 0.465 e. The lowest BCUT2D eigenvalue weighted by Crippen LogP contribution is -2.54. The average molecular weight is 419 g/mol. The van der Waals surface area contributed by atoms with E-state index in [1.165, 1.54) is 0 Å². The Balaban J connectivity index is 1.60. The molecule has 2 aromatic heterocycles. The number of nitrogens with one attached hydrogen (secondary N) is 1. The monoisotopic (exact) mass is 418 g/mol. The maximum Gasteiger partial charge on any atom is 0.407 e. The van der Waals surface area contributed by atoms with Crippen LogP contribution >= 0.6 is 11.6 Å². The zero-order chi connectivity index (χ0) is 20.4. The molecule has 1 aliphatic heterocycles. The fraction of sp³-hybridized carbons (Fsp3) is 0.368. The van der Waals surface area contributed by atoms with Crippen LogP contribution in [0.2, 0.25) is 5.02 Å². The summed E-state index contributed by atoms with van der Waals surface area (Å²) < 4.78 is 17.2. The number of hydrogen-bond acceptors (Lipinski definition) is 5. The number of halogens is 2. The van der Waals surface area contributed by atoms with E-state index >= 15 is 4.39 Å². The van der Waals surface area contributed by atoms with Gasteiger partial charge in [-0.2, -0.15) is 0 Å². The molecule has 0 saturated carbocycles. The molecule has 1 saturated heterocycles. The van der Waals surface area contributed by atoms with Crippen LogP contribution in [0.5, 0.6) is 0 Å². The maximum absolute atomic E-state index is 15.4. The summed E-state index contributed by atoms with van der Waals surface area (Å²) in [6.07, 6.45) is 3.20. The van der Waals surface area contributed by atoms with E-state index in [0.29, 0.717) is 35.9 Å². The predicted molar refractivity (Wildman–Crippen MR) is 106 cm³/mol. The Hall–Kier alpha value is -2.94.